The van der Waals surface area contributed by atoms with Gasteiger partial charge in [0.2, 0.25) is 0 Å². The van der Waals surface area contributed by atoms with E-state index in [0.717, 1.165) is 12.8 Å². The highest BCUT2D eigenvalue weighted by Gasteiger charge is 2.26. The minimum Gasteiger partial charge on any atom is -0.396 e. The molecule has 1 fully saturated rings. The number of carbonyl (C=O) groups excluding carboxylic acids is 1. The second kappa shape index (κ2) is 6.41. The van der Waals surface area contributed by atoms with E-state index in [9.17, 15) is 4.79 Å². The third kappa shape index (κ3) is 3.93. The summed E-state index contributed by atoms with van der Waals surface area (Å²) >= 11 is 0. The fourth-order valence-electron chi connectivity index (χ4n) is 3.18. The molecule has 0 saturated heterocycles. The smallest absolute Gasteiger partial charge is 0.272 e. The Kier molecular flexibility index (Phi) is 4.80. The van der Waals surface area contributed by atoms with Gasteiger partial charge in [0, 0.05) is 12.0 Å². The van der Waals surface area contributed by atoms with Gasteiger partial charge in [0.15, 0.2) is 5.69 Å². The highest BCUT2D eigenvalue weighted by molar-refractivity contribution is 5.97. The van der Waals surface area contributed by atoms with Crippen LogP contribution in [0.3, 0.4) is 0 Å². The summed E-state index contributed by atoms with van der Waals surface area (Å²) < 4.78 is 0. The molecule has 1 aromatic heterocycles. The predicted molar refractivity (Wildman–Crippen MR) is 84.0 cm³/mol. The van der Waals surface area contributed by atoms with Crippen LogP contribution < -0.4 is 11.1 Å². The summed E-state index contributed by atoms with van der Waals surface area (Å²) in [5, 5.41) is 3.09. The number of amides is 1. The fraction of sp³-hybridized carbons (Fsp3) is 0.688. The van der Waals surface area contributed by atoms with E-state index in [0.29, 0.717) is 29.0 Å². The Morgan fingerprint density at radius 3 is 2.48 bits per heavy atom. The van der Waals surface area contributed by atoms with Crippen molar-refractivity contribution in [2.45, 2.75) is 58.9 Å². The number of nitrogen functional groups attached to an aromatic ring is 1. The number of rotatable bonds is 3. The first-order chi connectivity index (χ1) is 9.86. The van der Waals surface area contributed by atoms with Crippen molar-refractivity contribution in [1.29, 1.82) is 0 Å². The number of nitrogens with one attached hydrogen (secondary N) is 1. The van der Waals surface area contributed by atoms with Crippen LogP contribution in [0, 0.1) is 11.8 Å². The van der Waals surface area contributed by atoms with Crippen molar-refractivity contribution in [3.05, 3.63) is 17.7 Å². The number of nitrogens with two attached hydrogens (primary N) is 1. The molecular weight excluding hydrogens is 264 g/mol. The maximum absolute atomic E-state index is 12.4. The van der Waals surface area contributed by atoms with E-state index in [4.69, 9.17) is 5.73 Å². The van der Waals surface area contributed by atoms with Crippen molar-refractivity contribution in [3.8, 4) is 0 Å². The topological polar surface area (TPSA) is 80.9 Å². The molecule has 2 rings (SSSR count). The lowest BCUT2D eigenvalue weighted by Crippen LogP contribution is -2.40. The van der Waals surface area contributed by atoms with E-state index in [-0.39, 0.29) is 17.9 Å². The third-order valence-corrected chi connectivity index (χ3v) is 4.08. The monoisotopic (exact) mass is 290 g/mol. The molecule has 0 aliphatic heterocycles. The van der Waals surface area contributed by atoms with Crippen molar-refractivity contribution in [3.63, 3.8) is 0 Å². The SMILES string of the molecule is CC1CC(C)CC(NC(=O)c2nc(C(C)C)ncc2N)C1. The summed E-state index contributed by atoms with van der Waals surface area (Å²) in [5.74, 6) is 1.94. The average Bonchev–Trinajstić information content (AvgIpc) is 2.37. The summed E-state index contributed by atoms with van der Waals surface area (Å²) in [5.41, 5.74) is 6.51. The third-order valence-electron chi connectivity index (χ3n) is 4.08. The van der Waals surface area contributed by atoms with Crippen molar-refractivity contribution in [2.75, 3.05) is 5.73 Å². The van der Waals surface area contributed by atoms with E-state index in [1.54, 1.807) is 0 Å². The largest absolute Gasteiger partial charge is 0.396 e. The van der Waals surface area contributed by atoms with E-state index < -0.39 is 0 Å². The quantitative estimate of drug-likeness (QED) is 0.897. The van der Waals surface area contributed by atoms with Crippen molar-refractivity contribution in [1.82, 2.24) is 15.3 Å². The number of carbonyl (C=O) groups is 1. The van der Waals surface area contributed by atoms with Crippen LogP contribution in [0.1, 0.15) is 69.2 Å². The molecule has 1 aromatic rings. The van der Waals surface area contributed by atoms with Crippen molar-refractivity contribution >= 4 is 11.6 Å². The van der Waals surface area contributed by atoms with Crippen LogP contribution >= 0.6 is 0 Å². The van der Waals surface area contributed by atoms with Gasteiger partial charge >= 0.3 is 0 Å². The molecule has 2 atom stereocenters. The van der Waals surface area contributed by atoms with Gasteiger partial charge < -0.3 is 11.1 Å². The maximum Gasteiger partial charge on any atom is 0.272 e. The van der Waals surface area contributed by atoms with Gasteiger partial charge in [-0.3, -0.25) is 4.79 Å². The molecule has 1 aliphatic carbocycles. The molecule has 1 amide bonds. The number of nitrogens with zero attached hydrogens (tertiary/aromatic N) is 2. The molecule has 0 bridgehead atoms. The lowest BCUT2D eigenvalue weighted by atomic mass is 9.80. The van der Waals surface area contributed by atoms with E-state index in [1.807, 2.05) is 13.8 Å². The van der Waals surface area contributed by atoms with Gasteiger partial charge in [0.1, 0.15) is 5.82 Å². The Bertz CT molecular complexity index is 505. The number of aromatic nitrogens is 2. The second-order valence-electron chi connectivity index (χ2n) is 6.77. The van der Waals surface area contributed by atoms with E-state index >= 15 is 0 Å². The van der Waals surface area contributed by atoms with Crippen LogP contribution in [-0.4, -0.2) is 21.9 Å². The van der Waals surface area contributed by atoms with Crippen LogP contribution in [0.2, 0.25) is 0 Å². The van der Waals surface area contributed by atoms with Crippen LogP contribution in [0.15, 0.2) is 6.20 Å². The Labute approximate surface area is 126 Å². The minimum absolute atomic E-state index is 0.173. The summed E-state index contributed by atoms with van der Waals surface area (Å²) in [4.78, 5) is 20.9. The average molecular weight is 290 g/mol. The lowest BCUT2D eigenvalue weighted by Gasteiger charge is -2.31. The summed E-state index contributed by atoms with van der Waals surface area (Å²) in [6.07, 6.45) is 4.82. The van der Waals surface area contributed by atoms with Crippen LogP contribution in [-0.2, 0) is 0 Å². The molecule has 5 heteroatoms. The van der Waals surface area contributed by atoms with Gasteiger partial charge in [0.25, 0.3) is 5.91 Å². The number of hydrogen-bond donors (Lipinski definition) is 2. The first kappa shape index (κ1) is 15.7. The molecule has 1 heterocycles. The highest BCUT2D eigenvalue weighted by atomic mass is 16.2. The van der Waals surface area contributed by atoms with Gasteiger partial charge in [-0.2, -0.15) is 0 Å². The Morgan fingerprint density at radius 1 is 1.29 bits per heavy atom. The first-order valence-electron chi connectivity index (χ1n) is 7.80. The Hall–Kier alpha value is -1.65. The number of anilines is 1. The van der Waals surface area contributed by atoms with Gasteiger partial charge in [0.05, 0.1) is 11.9 Å². The fourth-order valence-corrected chi connectivity index (χ4v) is 3.18. The minimum atomic E-state index is -0.178. The maximum atomic E-state index is 12.4. The molecule has 1 saturated carbocycles. The van der Waals surface area contributed by atoms with Gasteiger partial charge in [-0.1, -0.05) is 27.7 Å². The summed E-state index contributed by atoms with van der Waals surface area (Å²) in [6.45, 7) is 8.48. The Morgan fingerprint density at radius 2 is 1.90 bits per heavy atom. The molecule has 0 spiro atoms. The highest BCUT2D eigenvalue weighted by Crippen LogP contribution is 2.28. The van der Waals surface area contributed by atoms with Gasteiger partial charge in [-0.25, -0.2) is 9.97 Å². The van der Waals surface area contributed by atoms with Crippen molar-refractivity contribution in [2.24, 2.45) is 11.8 Å². The Balaban J connectivity index is 2.11. The molecule has 3 N–H and O–H groups in total. The normalized spacial score (nSPS) is 25.9. The van der Waals surface area contributed by atoms with Crippen LogP contribution in [0.4, 0.5) is 5.69 Å². The molecule has 5 nitrogen and oxygen atoms in total. The van der Waals surface area contributed by atoms with Crippen molar-refractivity contribution < 1.29 is 4.79 Å². The summed E-state index contributed by atoms with van der Waals surface area (Å²) in [7, 11) is 0. The zero-order valence-electron chi connectivity index (χ0n) is 13.4. The number of hydrogen-bond acceptors (Lipinski definition) is 4. The molecule has 2 unspecified atom stereocenters. The standard InChI is InChI=1S/C16H26N4O/c1-9(2)15-18-8-13(17)14(20-15)16(21)19-12-6-10(3)5-11(4)7-12/h8-12H,5-7,17H2,1-4H3,(H,19,21). The molecule has 116 valence electrons. The second-order valence-corrected chi connectivity index (χ2v) is 6.77. The van der Waals surface area contributed by atoms with Crippen LogP contribution in [0.5, 0.6) is 0 Å². The zero-order valence-corrected chi connectivity index (χ0v) is 13.4. The molecule has 1 aliphatic rings. The summed E-state index contributed by atoms with van der Waals surface area (Å²) in [6, 6.07) is 0.216. The van der Waals surface area contributed by atoms with Gasteiger partial charge in [-0.05, 0) is 31.1 Å². The lowest BCUT2D eigenvalue weighted by molar-refractivity contribution is 0.0906. The zero-order chi connectivity index (χ0) is 15.6. The van der Waals surface area contributed by atoms with E-state index in [2.05, 4.69) is 29.1 Å². The predicted octanol–water partition coefficient (Wildman–Crippen LogP) is 2.74. The molecule has 0 radical (unpaired) electrons. The molecule has 0 aromatic carbocycles. The first-order valence-corrected chi connectivity index (χ1v) is 7.80. The molecule has 21 heavy (non-hydrogen) atoms. The van der Waals surface area contributed by atoms with Gasteiger partial charge in [-0.15, -0.1) is 0 Å². The molecular formula is C16H26N4O. The van der Waals surface area contributed by atoms with E-state index in [1.165, 1.54) is 12.6 Å². The van der Waals surface area contributed by atoms with Crippen LogP contribution in [0.25, 0.3) is 0 Å².